The van der Waals surface area contributed by atoms with Gasteiger partial charge in [-0.3, -0.25) is 9.48 Å². The number of thioether (sulfide) groups is 1. The number of pyridine rings is 1. The number of rotatable bonds is 6. The van der Waals surface area contributed by atoms with Crippen LogP contribution in [0.5, 0.6) is 5.88 Å². The number of likely N-dealkylation sites (tertiary alicyclic amines) is 1. The fraction of sp³-hybridized carbons (Fsp3) is 0.500. The van der Waals surface area contributed by atoms with Gasteiger partial charge in [-0.1, -0.05) is 6.07 Å². The summed E-state index contributed by atoms with van der Waals surface area (Å²) in [5.41, 5.74) is 0.500. The normalized spacial score (nSPS) is 21.0. The van der Waals surface area contributed by atoms with Gasteiger partial charge in [-0.2, -0.15) is 5.10 Å². The summed E-state index contributed by atoms with van der Waals surface area (Å²) in [4.78, 5) is 18.7. The first-order valence-corrected chi connectivity index (χ1v) is 9.69. The summed E-state index contributed by atoms with van der Waals surface area (Å²) >= 11 is 1.90. The molecule has 1 unspecified atom stereocenters. The maximum Gasteiger partial charge on any atom is 0.274 e. The molecule has 0 aromatic carbocycles. The number of aromatic nitrogens is 3. The van der Waals surface area contributed by atoms with Crippen molar-refractivity contribution in [3.8, 4) is 5.88 Å². The Bertz CT molecular complexity index is 761. The quantitative estimate of drug-likeness (QED) is 0.767. The van der Waals surface area contributed by atoms with E-state index in [-0.39, 0.29) is 16.8 Å². The van der Waals surface area contributed by atoms with Crippen LogP contribution in [0, 0.1) is 0 Å². The lowest BCUT2D eigenvalue weighted by Gasteiger charge is -2.47. The molecule has 4 heterocycles. The van der Waals surface area contributed by atoms with E-state index in [1.165, 1.54) is 0 Å². The van der Waals surface area contributed by atoms with Gasteiger partial charge in [-0.25, -0.2) is 4.98 Å². The van der Waals surface area contributed by atoms with Crippen molar-refractivity contribution >= 4 is 17.7 Å². The standard InChI is InChI=1S/C18H22N4O3S/c1-24-9-8-22-7-5-15(20-22)17(23)21-12-18(13-21)10-14(11-26-18)25-16-4-2-3-6-19-16/h2-7,14H,8-13H2,1H3. The summed E-state index contributed by atoms with van der Waals surface area (Å²) in [6.07, 6.45) is 4.66. The van der Waals surface area contributed by atoms with E-state index < -0.39 is 0 Å². The second-order valence-corrected chi connectivity index (χ2v) is 8.21. The van der Waals surface area contributed by atoms with Gasteiger partial charge in [0.05, 0.1) is 17.9 Å². The molecule has 2 aromatic rings. The first-order chi connectivity index (χ1) is 12.7. The van der Waals surface area contributed by atoms with Crippen molar-refractivity contribution in [3.05, 3.63) is 42.4 Å². The van der Waals surface area contributed by atoms with Gasteiger partial charge in [0.15, 0.2) is 0 Å². The van der Waals surface area contributed by atoms with Crippen LogP contribution in [0.2, 0.25) is 0 Å². The van der Waals surface area contributed by atoms with Gasteiger partial charge in [0.2, 0.25) is 5.88 Å². The topological polar surface area (TPSA) is 69.5 Å². The molecule has 4 rings (SSSR count). The summed E-state index contributed by atoms with van der Waals surface area (Å²) in [5, 5.41) is 4.34. The Hall–Kier alpha value is -2.06. The number of methoxy groups -OCH3 is 1. The summed E-state index contributed by atoms with van der Waals surface area (Å²) < 4.78 is 12.9. The van der Waals surface area contributed by atoms with E-state index in [1.807, 2.05) is 41.1 Å². The van der Waals surface area contributed by atoms with Crippen molar-refractivity contribution in [2.75, 3.05) is 32.6 Å². The van der Waals surface area contributed by atoms with Crippen molar-refractivity contribution in [2.24, 2.45) is 0 Å². The molecular weight excluding hydrogens is 352 g/mol. The molecule has 0 N–H and O–H groups in total. The van der Waals surface area contributed by atoms with E-state index in [4.69, 9.17) is 9.47 Å². The Morgan fingerprint density at radius 2 is 2.27 bits per heavy atom. The Labute approximate surface area is 156 Å². The third-order valence-electron chi connectivity index (χ3n) is 4.73. The smallest absolute Gasteiger partial charge is 0.274 e. The second kappa shape index (κ2) is 7.28. The number of amides is 1. The van der Waals surface area contributed by atoms with E-state index in [9.17, 15) is 4.79 Å². The summed E-state index contributed by atoms with van der Waals surface area (Å²) in [5.74, 6) is 1.61. The Balaban J connectivity index is 1.29. The van der Waals surface area contributed by atoms with E-state index in [0.717, 1.165) is 25.3 Å². The predicted octanol–water partition coefficient (Wildman–Crippen LogP) is 1.70. The molecule has 2 aliphatic heterocycles. The fourth-order valence-electron chi connectivity index (χ4n) is 3.43. The molecule has 1 amide bonds. The third-order valence-corrected chi connectivity index (χ3v) is 6.31. The van der Waals surface area contributed by atoms with Crippen LogP contribution < -0.4 is 4.74 Å². The zero-order valence-corrected chi connectivity index (χ0v) is 15.5. The molecule has 7 nitrogen and oxygen atoms in total. The highest BCUT2D eigenvalue weighted by molar-refractivity contribution is 8.01. The molecule has 0 aliphatic carbocycles. The summed E-state index contributed by atoms with van der Waals surface area (Å²) in [6.45, 7) is 2.74. The molecule has 8 heteroatoms. The van der Waals surface area contributed by atoms with Gasteiger partial charge in [-0.05, 0) is 12.1 Å². The molecule has 1 atom stereocenters. The number of carbonyl (C=O) groups excluding carboxylic acids is 1. The molecule has 0 radical (unpaired) electrons. The lowest BCUT2D eigenvalue weighted by molar-refractivity contribution is 0.0509. The zero-order chi connectivity index (χ0) is 18.0. The fourth-order valence-corrected chi connectivity index (χ4v) is 4.95. The maximum absolute atomic E-state index is 12.6. The first kappa shape index (κ1) is 17.4. The lowest BCUT2D eigenvalue weighted by atomic mass is 9.92. The molecule has 2 saturated heterocycles. The van der Waals surface area contributed by atoms with Crippen molar-refractivity contribution in [2.45, 2.75) is 23.8 Å². The number of carbonyl (C=O) groups is 1. The molecule has 138 valence electrons. The molecular formula is C18H22N4O3S. The summed E-state index contributed by atoms with van der Waals surface area (Å²) in [7, 11) is 1.65. The number of nitrogens with zero attached hydrogens (tertiary/aromatic N) is 4. The predicted molar refractivity (Wildman–Crippen MR) is 98.5 cm³/mol. The lowest BCUT2D eigenvalue weighted by Crippen LogP contribution is -2.60. The molecule has 2 aromatic heterocycles. The van der Waals surface area contributed by atoms with Gasteiger partial charge >= 0.3 is 0 Å². The van der Waals surface area contributed by atoms with Gasteiger partial charge in [-0.15, -0.1) is 11.8 Å². The van der Waals surface area contributed by atoms with Crippen LogP contribution in [-0.2, 0) is 11.3 Å². The molecule has 26 heavy (non-hydrogen) atoms. The van der Waals surface area contributed by atoms with Crippen LogP contribution in [0.3, 0.4) is 0 Å². The van der Waals surface area contributed by atoms with Crippen molar-refractivity contribution in [3.63, 3.8) is 0 Å². The SMILES string of the molecule is COCCn1ccc(C(=O)N2CC3(CC(Oc4ccccn4)CS3)C2)n1. The minimum Gasteiger partial charge on any atom is -0.473 e. The van der Waals surface area contributed by atoms with Crippen LogP contribution >= 0.6 is 11.8 Å². The molecule has 2 aliphatic rings. The number of hydrogen-bond acceptors (Lipinski definition) is 6. The van der Waals surface area contributed by atoms with Crippen molar-refractivity contribution < 1.29 is 14.3 Å². The van der Waals surface area contributed by atoms with Gasteiger partial charge < -0.3 is 14.4 Å². The van der Waals surface area contributed by atoms with Crippen LogP contribution in [0.25, 0.3) is 0 Å². The van der Waals surface area contributed by atoms with Crippen LogP contribution in [0.1, 0.15) is 16.9 Å². The van der Waals surface area contributed by atoms with E-state index in [1.54, 1.807) is 24.1 Å². The van der Waals surface area contributed by atoms with Crippen LogP contribution in [-0.4, -0.2) is 69.0 Å². The maximum atomic E-state index is 12.6. The highest BCUT2D eigenvalue weighted by Crippen LogP contribution is 2.46. The van der Waals surface area contributed by atoms with E-state index >= 15 is 0 Å². The van der Waals surface area contributed by atoms with Gasteiger partial charge in [0.1, 0.15) is 11.8 Å². The average Bonchev–Trinajstić information content (AvgIpc) is 3.26. The highest BCUT2D eigenvalue weighted by atomic mass is 32.2. The van der Waals surface area contributed by atoms with Crippen molar-refractivity contribution in [1.29, 1.82) is 0 Å². The van der Waals surface area contributed by atoms with E-state index in [2.05, 4.69) is 10.1 Å². The van der Waals surface area contributed by atoms with Gasteiger partial charge in [0, 0.05) is 50.8 Å². The Morgan fingerprint density at radius 1 is 1.38 bits per heavy atom. The molecule has 2 fully saturated rings. The van der Waals surface area contributed by atoms with Crippen LogP contribution in [0.4, 0.5) is 0 Å². The van der Waals surface area contributed by atoms with Crippen LogP contribution in [0.15, 0.2) is 36.7 Å². The van der Waals surface area contributed by atoms with Crippen molar-refractivity contribution in [1.82, 2.24) is 19.7 Å². The number of ether oxygens (including phenoxy) is 2. The second-order valence-electron chi connectivity index (χ2n) is 6.72. The molecule has 1 spiro atoms. The summed E-state index contributed by atoms with van der Waals surface area (Å²) in [6, 6.07) is 7.46. The highest BCUT2D eigenvalue weighted by Gasteiger charge is 2.51. The Kier molecular flexibility index (Phi) is 4.86. The zero-order valence-electron chi connectivity index (χ0n) is 14.7. The molecule has 0 bridgehead atoms. The monoisotopic (exact) mass is 374 g/mol. The minimum absolute atomic E-state index is 0.00138. The Morgan fingerprint density at radius 3 is 3.04 bits per heavy atom. The molecule has 0 saturated carbocycles. The average molecular weight is 374 g/mol. The van der Waals surface area contributed by atoms with E-state index in [0.29, 0.717) is 24.7 Å². The number of hydrogen-bond donors (Lipinski definition) is 0. The third kappa shape index (κ3) is 3.57. The first-order valence-electron chi connectivity index (χ1n) is 8.71. The minimum atomic E-state index is 0.00138. The largest absolute Gasteiger partial charge is 0.473 e. The van der Waals surface area contributed by atoms with Gasteiger partial charge in [0.25, 0.3) is 5.91 Å².